The van der Waals surface area contributed by atoms with Crippen LogP contribution in [0.4, 0.5) is 0 Å². The van der Waals surface area contributed by atoms with Crippen LogP contribution in [0.15, 0.2) is 24.3 Å². The second-order valence-corrected chi connectivity index (χ2v) is 3.48. The molecule has 0 radical (unpaired) electrons. The summed E-state index contributed by atoms with van der Waals surface area (Å²) in [5.74, 6) is 0.359. The van der Waals surface area contributed by atoms with E-state index in [1.54, 1.807) is 12.1 Å². The van der Waals surface area contributed by atoms with Crippen molar-refractivity contribution < 1.29 is 5.11 Å². The van der Waals surface area contributed by atoms with Gasteiger partial charge < -0.3 is 5.11 Å². The second kappa shape index (κ2) is 8.34. The van der Waals surface area contributed by atoms with Crippen LogP contribution in [-0.2, 0) is 6.42 Å². The molecule has 0 aliphatic rings. The maximum absolute atomic E-state index is 9.07. The zero-order valence-corrected chi connectivity index (χ0v) is 8.29. The van der Waals surface area contributed by atoms with Crippen LogP contribution >= 0.6 is 0 Å². The molecule has 0 heterocycles. The number of hydrogen-bond donors (Lipinski definition) is 1. The van der Waals surface area contributed by atoms with Gasteiger partial charge in [-0.2, -0.15) is 0 Å². The number of hydrogen-bond acceptors (Lipinski definition) is 1. The number of benzene rings is 1. The number of rotatable bonds is 5. The molecule has 1 aromatic rings. The molecule has 0 saturated heterocycles. The minimum atomic E-state index is 0. The Bertz CT molecular complexity index is 231. The summed E-state index contributed by atoms with van der Waals surface area (Å²) in [4.78, 5) is 0. The first-order chi connectivity index (χ1) is 6.33. The van der Waals surface area contributed by atoms with Gasteiger partial charge in [-0.05, 0) is 30.5 Å². The molecule has 0 atom stereocenters. The van der Waals surface area contributed by atoms with Crippen molar-refractivity contribution in [3.8, 4) is 5.75 Å². The Morgan fingerprint density at radius 3 is 2.21 bits per heavy atom. The quantitative estimate of drug-likeness (QED) is 0.575. The molecule has 0 unspecified atom stereocenters. The molecule has 1 nitrogen and oxygen atoms in total. The summed E-state index contributed by atoms with van der Waals surface area (Å²) in [5, 5.41) is 9.07. The van der Waals surface area contributed by atoms with Gasteiger partial charge in [0.15, 0.2) is 0 Å². The summed E-state index contributed by atoms with van der Waals surface area (Å²) in [5.41, 5.74) is 1.33. The van der Waals surface area contributed by atoms with Crippen LogP contribution in [0, 0.1) is 0 Å². The van der Waals surface area contributed by atoms with Crippen LogP contribution in [0.3, 0.4) is 0 Å². The van der Waals surface area contributed by atoms with Crippen LogP contribution < -0.4 is 0 Å². The van der Waals surface area contributed by atoms with Gasteiger partial charge in [-0.15, -0.1) is 0 Å². The molecular formula is C12H19NaO. The molecule has 0 fully saturated rings. The molecule has 0 aliphatic heterocycles. The van der Waals surface area contributed by atoms with Crippen LogP contribution in [0.2, 0.25) is 0 Å². The standard InChI is InChI=1S/C12H18O.Na.H/c1-2-3-4-5-6-11-7-9-12(13)10-8-11;;/h7-10,13H,2-6H2,1H3;;. The Balaban J connectivity index is 0.00000169. The Kier molecular flexibility index (Phi) is 8.35. The number of unbranched alkanes of at least 4 members (excludes halogenated alkanes) is 3. The average Bonchev–Trinajstić information content (AvgIpc) is 2.15. The summed E-state index contributed by atoms with van der Waals surface area (Å²) in [7, 11) is 0. The first-order valence-electron chi connectivity index (χ1n) is 5.11. The third-order valence-electron chi connectivity index (χ3n) is 2.26. The number of phenols is 1. The predicted molar refractivity (Wildman–Crippen MR) is 63.1 cm³/mol. The number of phenolic OH excluding ortho intramolecular Hbond substituents is 1. The van der Waals surface area contributed by atoms with Crippen molar-refractivity contribution in [3.05, 3.63) is 29.8 Å². The molecule has 1 aromatic carbocycles. The monoisotopic (exact) mass is 202 g/mol. The molecule has 0 aliphatic carbocycles. The molecule has 1 rings (SSSR count). The zero-order valence-electron chi connectivity index (χ0n) is 8.29. The topological polar surface area (TPSA) is 20.2 Å². The van der Waals surface area contributed by atoms with Gasteiger partial charge in [-0.1, -0.05) is 38.3 Å². The van der Waals surface area contributed by atoms with E-state index in [1.165, 1.54) is 31.2 Å². The average molecular weight is 202 g/mol. The molecule has 14 heavy (non-hydrogen) atoms. The van der Waals surface area contributed by atoms with E-state index in [1.807, 2.05) is 12.1 Å². The van der Waals surface area contributed by atoms with Gasteiger partial charge in [0, 0.05) is 0 Å². The summed E-state index contributed by atoms with van der Waals surface area (Å²) < 4.78 is 0. The van der Waals surface area contributed by atoms with Crippen LogP contribution in [0.5, 0.6) is 5.75 Å². The molecule has 0 aromatic heterocycles. The van der Waals surface area contributed by atoms with Gasteiger partial charge >= 0.3 is 29.6 Å². The zero-order chi connectivity index (χ0) is 9.52. The molecule has 1 N–H and O–H groups in total. The molecular weight excluding hydrogens is 183 g/mol. The fourth-order valence-corrected chi connectivity index (χ4v) is 1.42. The van der Waals surface area contributed by atoms with Crippen molar-refractivity contribution in [2.75, 3.05) is 0 Å². The van der Waals surface area contributed by atoms with Gasteiger partial charge in [-0.25, -0.2) is 0 Å². The summed E-state index contributed by atoms with van der Waals surface area (Å²) >= 11 is 0. The van der Waals surface area contributed by atoms with Gasteiger partial charge in [0.05, 0.1) is 0 Å². The van der Waals surface area contributed by atoms with E-state index in [2.05, 4.69) is 6.92 Å². The van der Waals surface area contributed by atoms with Crippen LogP contribution in [0.1, 0.15) is 38.2 Å². The SMILES string of the molecule is CCCCCCc1ccc(O)cc1.[NaH]. The molecule has 74 valence electrons. The summed E-state index contributed by atoms with van der Waals surface area (Å²) in [6.07, 6.45) is 6.34. The third-order valence-corrected chi connectivity index (χ3v) is 2.26. The Morgan fingerprint density at radius 2 is 1.64 bits per heavy atom. The van der Waals surface area contributed by atoms with E-state index in [4.69, 9.17) is 5.11 Å². The normalized spacial score (nSPS) is 9.50. The first kappa shape index (κ1) is 14.0. The van der Waals surface area contributed by atoms with Gasteiger partial charge in [0.1, 0.15) is 5.75 Å². The van der Waals surface area contributed by atoms with E-state index in [0.717, 1.165) is 6.42 Å². The van der Waals surface area contributed by atoms with Crippen molar-refractivity contribution in [3.63, 3.8) is 0 Å². The molecule has 0 spiro atoms. The maximum atomic E-state index is 9.07. The van der Waals surface area contributed by atoms with Crippen molar-refractivity contribution in [2.45, 2.75) is 39.0 Å². The van der Waals surface area contributed by atoms with Crippen molar-refractivity contribution >= 4 is 29.6 Å². The number of aryl methyl sites for hydroxylation is 1. The van der Waals surface area contributed by atoms with Gasteiger partial charge in [0.2, 0.25) is 0 Å². The second-order valence-electron chi connectivity index (χ2n) is 3.48. The van der Waals surface area contributed by atoms with Crippen molar-refractivity contribution in [2.24, 2.45) is 0 Å². The van der Waals surface area contributed by atoms with Gasteiger partial charge in [-0.3, -0.25) is 0 Å². The fraction of sp³-hybridized carbons (Fsp3) is 0.500. The van der Waals surface area contributed by atoms with E-state index in [-0.39, 0.29) is 29.6 Å². The molecule has 0 saturated carbocycles. The Hall–Kier alpha value is 0.0200. The third kappa shape index (κ3) is 5.69. The number of aromatic hydroxyl groups is 1. The van der Waals surface area contributed by atoms with Crippen molar-refractivity contribution in [1.29, 1.82) is 0 Å². The first-order valence-corrected chi connectivity index (χ1v) is 5.11. The van der Waals surface area contributed by atoms with Crippen LogP contribution in [-0.4, -0.2) is 34.7 Å². The van der Waals surface area contributed by atoms with Gasteiger partial charge in [0.25, 0.3) is 0 Å². The van der Waals surface area contributed by atoms with Crippen molar-refractivity contribution in [1.82, 2.24) is 0 Å². The molecule has 2 heteroatoms. The van der Waals surface area contributed by atoms with E-state index in [9.17, 15) is 0 Å². The predicted octanol–water partition coefficient (Wildman–Crippen LogP) is 2.87. The minimum absolute atomic E-state index is 0. The molecule has 0 amide bonds. The molecule has 0 bridgehead atoms. The fourth-order valence-electron chi connectivity index (χ4n) is 1.42. The van der Waals surface area contributed by atoms with Crippen LogP contribution in [0.25, 0.3) is 0 Å². The summed E-state index contributed by atoms with van der Waals surface area (Å²) in [6, 6.07) is 7.52. The van der Waals surface area contributed by atoms with E-state index < -0.39 is 0 Å². The summed E-state index contributed by atoms with van der Waals surface area (Å²) in [6.45, 7) is 2.22. The van der Waals surface area contributed by atoms with E-state index >= 15 is 0 Å². The Labute approximate surface area is 109 Å². The Morgan fingerprint density at radius 1 is 1.00 bits per heavy atom. The van der Waals surface area contributed by atoms with E-state index in [0.29, 0.717) is 5.75 Å².